The Morgan fingerprint density at radius 3 is 2.43 bits per heavy atom. The number of amides is 2. The fourth-order valence-electron chi connectivity index (χ4n) is 3.34. The van der Waals surface area contributed by atoms with Crippen LogP contribution in [0.1, 0.15) is 58.8 Å². The maximum absolute atomic E-state index is 12.2. The molecule has 1 unspecified atom stereocenters. The third-order valence-electron chi connectivity index (χ3n) is 4.50. The first-order valence-corrected chi connectivity index (χ1v) is 7.79. The fourth-order valence-corrected chi connectivity index (χ4v) is 3.34. The molecule has 2 rings (SSSR count). The summed E-state index contributed by atoms with van der Waals surface area (Å²) in [6.07, 6.45) is 5.24. The van der Waals surface area contributed by atoms with Crippen LogP contribution >= 0.6 is 0 Å². The van der Waals surface area contributed by atoms with E-state index >= 15 is 0 Å². The molecule has 0 aromatic heterocycles. The Hall–Kier alpha value is -1.30. The monoisotopic (exact) mass is 298 g/mol. The predicted octanol–water partition coefficient (Wildman–Crippen LogP) is 2.03. The molecule has 1 aliphatic carbocycles. The number of carbonyl (C=O) groups excluding carboxylic acids is 1. The summed E-state index contributed by atoms with van der Waals surface area (Å²) < 4.78 is 5.62. The van der Waals surface area contributed by atoms with E-state index in [0.29, 0.717) is 19.4 Å². The number of hydrogen-bond acceptors (Lipinski definition) is 3. The Morgan fingerprint density at radius 2 is 1.86 bits per heavy atom. The molecule has 0 radical (unpaired) electrons. The second kappa shape index (κ2) is 6.22. The van der Waals surface area contributed by atoms with Gasteiger partial charge in [0.2, 0.25) is 0 Å². The summed E-state index contributed by atoms with van der Waals surface area (Å²) in [4.78, 5) is 23.7. The van der Waals surface area contributed by atoms with Gasteiger partial charge < -0.3 is 20.5 Å². The van der Waals surface area contributed by atoms with Crippen LogP contribution in [0.2, 0.25) is 0 Å². The van der Waals surface area contributed by atoms with E-state index in [0.717, 1.165) is 32.1 Å². The van der Waals surface area contributed by atoms with Gasteiger partial charge in [-0.15, -0.1) is 0 Å². The van der Waals surface area contributed by atoms with Gasteiger partial charge in [0.25, 0.3) is 0 Å². The third kappa shape index (κ3) is 4.09. The summed E-state index contributed by atoms with van der Waals surface area (Å²) in [7, 11) is 0. The lowest BCUT2D eigenvalue weighted by molar-refractivity contribution is -0.145. The Morgan fingerprint density at radius 1 is 1.19 bits per heavy atom. The minimum Gasteiger partial charge on any atom is -0.480 e. The number of carbonyl (C=O) groups is 2. The van der Waals surface area contributed by atoms with Crippen molar-refractivity contribution in [3.63, 3.8) is 0 Å². The maximum atomic E-state index is 12.2. The Kier molecular flexibility index (Phi) is 4.76. The summed E-state index contributed by atoms with van der Waals surface area (Å²) >= 11 is 0. The van der Waals surface area contributed by atoms with Crippen molar-refractivity contribution >= 4 is 12.0 Å². The molecule has 21 heavy (non-hydrogen) atoms. The zero-order chi connectivity index (χ0) is 15.5. The van der Waals surface area contributed by atoms with Crippen LogP contribution in [0.4, 0.5) is 4.79 Å². The minimum atomic E-state index is -1.09. The van der Waals surface area contributed by atoms with Gasteiger partial charge in [0.15, 0.2) is 0 Å². The van der Waals surface area contributed by atoms with Gasteiger partial charge in [0, 0.05) is 12.6 Å². The number of nitrogens with one attached hydrogen (secondary N) is 2. The number of aliphatic carboxylic acids is 1. The summed E-state index contributed by atoms with van der Waals surface area (Å²) in [6, 6.07) is -0.342. The summed E-state index contributed by atoms with van der Waals surface area (Å²) in [5, 5.41) is 15.1. The molecule has 120 valence electrons. The molecule has 2 aliphatic rings. The highest BCUT2D eigenvalue weighted by Gasteiger charge is 2.41. The second-order valence-electron chi connectivity index (χ2n) is 6.84. The van der Waals surface area contributed by atoms with Crippen molar-refractivity contribution in [1.82, 2.24) is 10.6 Å². The predicted molar refractivity (Wildman–Crippen MR) is 78.2 cm³/mol. The molecular weight excluding hydrogens is 272 g/mol. The van der Waals surface area contributed by atoms with Crippen LogP contribution in [0.5, 0.6) is 0 Å². The van der Waals surface area contributed by atoms with Crippen molar-refractivity contribution in [2.45, 2.75) is 76.0 Å². The van der Waals surface area contributed by atoms with E-state index in [1.165, 1.54) is 0 Å². The lowest BCUT2D eigenvalue weighted by Crippen LogP contribution is -2.60. The molecule has 1 saturated carbocycles. The topological polar surface area (TPSA) is 87.7 Å². The molecule has 1 saturated heterocycles. The minimum absolute atomic E-state index is 0.0307. The number of carboxylic acids is 1. The SMILES string of the molecule is CC1(C)CC(NC(=O)NC2(C(=O)O)CCCCC2)CCO1. The second-order valence-corrected chi connectivity index (χ2v) is 6.84. The van der Waals surface area contributed by atoms with Gasteiger partial charge in [-0.05, 0) is 39.5 Å². The average Bonchev–Trinajstić information content (AvgIpc) is 2.38. The Bertz CT molecular complexity index is 402. The first kappa shape index (κ1) is 16.1. The van der Waals surface area contributed by atoms with Crippen molar-refractivity contribution in [3.05, 3.63) is 0 Å². The highest BCUT2D eigenvalue weighted by Crippen LogP contribution is 2.29. The first-order chi connectivity index (χ1) is 9.83. The molecule has 0 spiro atoms. The standard InChI is InChI=1S/C15H26N2O4/c1-14(2)10-11(6-9-21-14)16-13(20)17-15(12(18)19)7-4-3-5-8-15/h11H,3-10H2,1-2H3,(H,18,19)(H2,16,17,20). The van der Waals surface area contributed by atoms with E-state index in [-0.39, 0.29) is 17.7 Å². The smallest absolute Gasteiger partial charge is 0.329 e. The number of hydrogen-bond donors (Lipinski definition) is 3. The van der Waals surface area contributed by atoms with Crippen molar-refractivity contribution in [2.24, 2.45) is 0 Å². The van der Waals surface area contributed by atoms with Gasteiger partial charge in [-0.25, -0.2) is 9.59 Å². The van der Waals surface area contributed by atoms with Crippen molar-refractivity contribution < 1.29 is 19.4 Å². The van der Waals surface area contributed by atoms with Gasteiger partial charge in [0.05, 0.1) is 5.60 Å². The van der Waals surface area contributed by atoms with Crippen molar-refractivity contribution in [2.75, 3.05) is 6.61 Å². The quantitative estimate of drug-likeness (QED) is 0.744. The number of ether oxygens (including phenoxy) is 1. The molecule has 3 N–H and O–H groups in total. The number of urea groups is 1. The molecule has 2 amide bonds. The van der Waals surface area contributed by atoms with Crippen molar-refractivity contribution in [3.8, 4) is 0 Å². The molecule has 1 atom stereocenters. The Labute approximate surface area is 125 Å². The largest absolute Gasteiger partial charge is 0.480 e. The van der Waals surface area contributed by atoms with E-state index in [9.17, 15) is 14.7 Å². The molecule has 0 bridgehead atoms. The zero-order valence-corrected chi connectivity index (χ0v) is 12.9. The van der Waals surface area contributed by atoms with Crippen LogP contribution < -0.4 is 10.6 Å². The highest BCUT2D eigenvalue weighted by molar-refractivity contribution is 5.86. The number of rotatable bonds is 3. The van der Waals surface area contributed by atoms with Gasteiger partial charge in [-0.1, -0.05) is 19.3 Å². The normalized spacial score (nSPS) is 27.6. The molecule has 0 aromatic rings. The third-order valence-corrected chi connectivity index (χ3v) is 4.50. The van der Waals surface area contributed by atoms with E-state index in [4.69, 9.17) is 4.74 Å². The van der Waals surface area contributed by atoms with E-state index in [2.05, 4.69) is 10.6 Å². The first-order valence-electron chi connectivity index (χ1n) is 7.79. The van der Waals surface area contributed by atoms with Crippen LogP contribution in [-0.2, 0) is 9.53 Å². The van der Waals surface area contributed by atoms with E-state index < -0.39 is 11.5 Å². The summed E-state index contributed by atoms with van der Waals surface area (Å²) in [5.74, 6) is -0.926. The van der Waals surface area contributed by atoms with Crippen LogP contribution in [0.3, 0.4) is 0 Å². The molecule has 6 nitrogen and oxygen atoms in total. The fraction of sp³-hybridized carbons (Fsp3) is 0.867. The van der Waals surface area contributed by atoms with E-state index in [1.807, 2.05) is 13.8 Å². The van der Waals surface area contributed by atoms with Crippen LogP contribution in [0.15, 0.2) is 0 Å². The van der Waals surface area contributed by atoms with Gasteiger partial charge in [-0.2, -0.15) is 0 Å². The lowest BCUT2D eigenvalue weighted by Gasteiger charge is -2.37. The van der Waals surface area contributed by atoms with Gasteiger partial charge in [0.1, 0.15) is 5.54 Å². The molecule has 2 fully saturated rings. The molecule has 0 aromatic carbocycles. The maximum Gasteiger partial charge on any atom is 0.329 e. The zero-order valence-electron chi connectivity index (χ0n) is 12.9. The summed E-state index contributed by atoms with van der Waals surface area (Å²) in [6.45, 7) is 4.61. The lowest BCUT2D eigenvalue weighted by atomic mass is 9.82. The molecular formula is C15H26N2O4. The van der Waals surface area contributed by atoms with E-state index in [1.54, 1.807) is 0 Å². The number of carboxylic acid groups (broad SMARTS) is 1. The van der Waals surface area contributed by atoms with Crippen molar-refractivity contribution in [1.29, 1.82) is 0 Å². The molecule has 1 heterocycles. The van der Waals surface area contributed by atoms with Crippen LogP contribution in [-0.4, -0.2) is 40.9 Å². The van der Waals surface area contributed by atoms with Crippen LogP contribution in [0.25, 0.3) is 0 Å². The average molecular weight is 298 g/mol. The molecule has 1 aliphatic heterocycles. The highest BCUT2D eigenvalue weighted by atomic mass is 16.5. The van der Waals surface area contributed by atoms with Crippen LogP contribution in [0, 0.1) is 0 Å². The molecule has 6 heteroatoms. The van der Waals surface area contributed by atoms with Gasteiger partial charge in [-0.3, -0.25) is 0 Å². The Balaban J connectivity index is 1.92. The summed E-state index contributed by atoms with van der Waals surface area (Å²) in [5.41, 5.74) is -1.34. The van der Waals surface area contributed by atoms with Gasteiger partial charge >= 0.3 is 12.0 Å².